The molecule has 0 bridgehead atoms. The third-order valence-corrected chi connectivity index (χ3v) is 3.85. The molecule has 0 aliphatic heterocycles. The van der Waals surface area contributed by atoms with Crippen molar-refractivity contribution in [1.29, 1.82) is 0 Å². The Balaban J connectivity index is 1.79. The lowest BCUT2D eigenvalue weighted by Gasteiger charge is -2.27. The lowest BCUT2D eigenvalue weighted by atomic mass is 9.99. The predicted octanol–water partition coefficient (Wildman–Crippen LogP) is 0.976. The van der Waals surface area contributed by atoms with Crippen molar-refractivity contribution < 1.29 is 9.90 Å². The first kappa shape index (κ1) is 12.5. The molecule has 0 atom stereocenters. The van der Waals surface area contributed by atoms with Crippen LogP contribution in [-0.4, -0.2) is 34.7 Å². The van der Waals surface area contributed by atoms with Gasteiger partial charge in [-0.25, -0.2) is 4.98 Å². The van der Waals surface area contributed by atoms with Gasteiger partial charge in [-0.2, -0.15) is 0 Å². The van der Waals surface area contributed by atoms with Crippen LogP contribution in [0, 0.1) is 0 Å². The Morgan fingerprint density at radius 1 is 1.53 bits per heavy atom. The molecule has 1 aromatic heterocycles. The highest BCUT2D eigenvalue weighted by molar-refractivity contribution is 7.13. The molecular formula is C11H17N3O2S. The summed E-state index contributed by atoms with van der Waals surface area (Å²) in [6.07, 6.45) is 5.76. The van der Waals surface area contributed by atoms with Crippen molar-refractivity contribution in [2.24, 2.45) is 0 Å². The Morgan fingerprint density at radius 3 is 2.88 bits per heavy atom. The summed E-state index contributed by atoms with van der Waals surface area (Å²) in [5.74, 6) is -0.111. The van der Waals surface area contributed by atoms with Gasteiger partial charge in [0.25, 0.3) is 0 Å². The van der Waals surface area contributed by atoms with Crippen LogP contribution in [0.1, 0.15) is 25.7 Å². The number of hydrogen-bond acceptors (Lipinski definition) is 5. The van der Waals surface area contributed by atoms with E-state index in [1.165, 1.54) is 11.3 Å². The van der Waals surface area contributed by atoms with Gasteiger partial charge in [-0.1, -0.05) is 12.8 Å². The minimum absolute atomic E-state index is 0.0948. The first-order chi connectivity index (χ1) is 8.24. The minimum Gasteiger partial charge on any atom is -0.394 e. The number of hydrogen-bond donors (Lipinski definition) is 3. The van der Waals surface area contributed by atoms with Crippen molar-refractivity contribution >= 4 is 22.4 Å². The third-order valence-electron chi connectivity index (χ3n) is 3.17. The van der Waals surface area contributed by atoms with Crippen LogP contribution in [0.3, 0.4) is 0 Å². The van der Waals surface area contributed by atoms with Gasteiger partial charge in [-0.15, -0.1) is 11.3 Å². The van der Waals surface area contributed by atoms with Crippen molar-refractivity contribution in [3.05, 3.63) is 11.6 Å². The zero-order valence-corrected chi connectivity index (χ0v) is 10.4. The second-order valence-corrected chi connectivity index (χ2v) is 5.28. The zero-order valence-electron chi connectivity index (χ0n) is 9.61. The molecule has 0 saturated heterocycles. The average molecular weight is 255 g/mol. The highest BCUT2D eigenvalue weighted by Crippen LogP contribution is 2.28. The van der Waals surface area contributed by atoms with E-state index in [1.54, 1.807) is 6.20 Å². The molecule has 17 heavy (non-hydrogen) atoms. The Kier molecular flexibility index (Phi) is 4.09. The van der Waals surface area contributed by atoms with Gasteiger partial charge >= 0.3 is 0 Å². The van der Waals surface area contributed by atoms with E-state index in [0.29, 0.717) is 5.13 Å². The molecule has 1 aliphatic carbocycles. The van der Waals surface area contributed by atoms with E-state index in [0.717, 1.165) is 25.7 Å². The largest absolute Gasteiger partial charge is 0.394 e. The summed E-state index contributed by atoms with van der Waals surface area (Å²) in [7, 11) is 0. The molecule has 0 spiro atoms. The standard InChI is InChI=1S/C11H17N3O2S/c15-8-11(3-1-2-4-11)13-7-9(16)14-10-12-5-6-17-10/h5-6,13,15H,1-4,7-8H2,(H,12,14,16). The molecule has 1 aliphatic rings. The first-order valence-electron chi connectivity index (χ1n) is 5.79. The Labute approximate surface area is 104 Å². The summed E-state index contributed by atoms with van der Waals surface area (Å²) < 4.78 is 0. The second kappa shape index (κ2) is 5.57. The molecule has 1 heterocycles. The number of thiazole rings is 1. The number of anilines is 1. The van der Waals surface area contributed by atoms with Crippen LogP contribution < -0.4 is 10.6 Å². The summed E-state index contributed by atoms with van der Waals surface area (Å²) in [6, 6.07) is 0. The Bertz CT molecular complexity index is 361. The van der Waals surface area contributed by atoms with Crippen molar-refractivity contribution in [3.63, 3.8) is 0 Å². The number of nitrogens with one attached hydrogen (secondary N) is 2. The summed E-state index contributed by atoms with van der Waals surface area (Å²) in [5, 5.41) is 17.7. The molecule has 0 aromatic carbocycles. The predicted molar refractivity (Wildman–Crippen MR) is 67.0 cm³/mol. The van der Waals surface area contributed by atoms with E-state index in [9.17, 15) is 9.90 Å². The molecule has 6 heteroatoms. The molecule has 1 fully saturated rings. The van der Waals surface area contributed by atoms with E-state index in [1.807, 2.05) is 5.38 Å². The summed E-state index contributed by atoms with van der Waals surface area (Å²) in [5.41, 5.74) is -0.250. The fourth-order valence-electron chi connectivity index (χ4n) is 2.16. The number of amides is 1. The molecule has 1 aromatic rings. The number of carbonyl (C=O) groups excluding carboxylic acids is 1. The van der Waals surface area contributed by atoms with Crippen LogP contribution >= 0.6 is 11.3 Å². The lowest BCUT2D eigenvalue weighted by molar-refractivity contribution is -0.115. The molecule has 1 amide bonds. The van der Waals surface area contributed by atoms with Crippen LogP contribution in [0.15, 0.2) is 11.6 Å². The number of rotatable bonds is 5. The van der Waals surface area contributed by atoms with Crippen molar-refractivity contribution in [3.8, 4) is 0 Å². The van der Waals surface area contributed by atoms with E-state index < -0.39 is 0 Å². The maximum Gasteiger partial charge on any atom is 0.240 e. The van der Waals surface area contributed by atoms with Crippen LogP contribution in [0.4, 0.5) is 5.13 Å². The number of aliphatic hydroxyl groups excluding tert-OH is 1. The lowest BCUT2D eigenvalue weighted by Crippen LogP contribution is -2.49. The van der Waals surface area contributed by atoms with E-state index >= 15 is 0 Å². The maximum absolute atomic E-state index is 11.6. The Morgan fingerprint density at radius 2 is 2.29 bits per heavy atom. The Hall–Kier alpha value is -0.980. The zero-order chi connectivity index (χ0) is 12.1. The van der Waals surface area contributed by atoms with Gasteiger partial charge in [0.05, 0.1) is 13.2 Å². The summed E-state index contributed by atoms with van der Waals surface area (Å²) >= 11 is 1.39. The quantitative estimate of drug-likeness (QED) is 0.733. The van der Waals surface area contributed by atoms with Gasteiger partial charge in [0.2, 0.25) is 5.91 Å². The fraction of sp³-hybridized carbons (Fsp3) is 0.636. The first-order valence-corrected chi connectivity index (χ1v) is 6.67. The van der Waals surface area contributed by atoms with Gasteiger partial charge in [0, 0.05) is 17.1 Å². The van der Waals surface area contributed by atoms with Gasteiger partial charge in [-0.05, 0) is 12.8 Å². The maximum atomic E-state index is 11.6. The minimum atomic E-state index is -0.250. The van der Waals surface area contributed by atoms with Crippen molar-refractivity contribution in [2.45, 2.75) is 31.2 Å². The van der Waals surface area contributed by atoms with Gasteiger partial charge < -0.3 is 15.7 Å². The fourth-order valence-corrected chi connectivity index (χ4v) is 2.70. The normalized spacial score (nSPS) is 18.2. The van der Waals surface area contributed by atoms with E-state index in [4.69, 9.17) is 0 Å². The molecular weight excluding hydrogens is 238 g/mol. The highest BCUT2D eigenvalue weighted by Gasteiger charge is 2.32. The molecule has 94 valence electrons. The van der Waals surface area contributed by atoms with E-state index in [2.05, 4.69) is 15.6 Å². The summed E-state index contributed by atoms with van der Waals surface area (Å²) in [6.45, 7) is 0.317. The number of aromatic nitrogens is 1. The SMILES string of the molecule is O=C(CNC1(CO)CCCC1)Nc1nccs1. The van der Waals surface area contributed by atoms with Crippen LogP contribution in [0.2, 0.25) is 0 Å². The van der Waals surface area contributed by atoms with Gasteiger partial charge in [0.1, 0.15) is 0 Å². The average Bonchev–Trinajstić information content (AvgIpc) is 2.98. The highest BCUT2D eigenvalue weighted by atomic mass is 32.1. The third kappa shape index (κ3) is 3.24. The van der Waals surface area contributed by atoms with Crippen molar-refractivity contribution in [2.75, 3.05) is 18.5 Å². The van der Waals surface area contributed by atoms with Crippen LogP contribution in [0.5, 0.6) is 0 Å². The molecule has 0 radical (unpaired) electrons. The van der Waals surface area contributed by atoms with Crippen LogP contribution in [-0.2, 0) is 4.79 Å². The second-order valence-electron chi connectivity index (χ2n) is 4.38. The molecule has 3 N–H and O–H groups in total. The van der Waals surface area contributed by atoms with E-state index in [-0.39, 0.29) is 24.6 Å². The van der Waals surface area contributed by atoms with Crippen molar-refractivity contribution in [1.82, 2.24) is 10.3 Å². The summed E-state index contributed by atoms with van der Waals surface area (Å²) in [4.78, 5) is 15.6. The number of carbonyl (C=O) groups is 1. The topological polar surface area (TPSA) is 74.2 Å². The molecule has 5 nitrogen and oxygen atoms in total. The van der Waals surface area contributed by atoms with Gasteiger partial charge in [0.15, 0.2) is 5.13 Å². The monoisotopic (exact) mass is 255 g/mol. The van der Waals surface area contributed by atoms with Gasteiger partial charge in [-0.3, -0.25) is 4.79 Å². The number of nitrogens with zero attached hydrogens (tertiary/aromatic N) is 1. The van der Waals surface area contributed by atoms with Crippen LogP contribution in [0.25, 0.3) is 0 Å². The number of aliphatic hydroxyl groups is 1. The molecule has 1 saturated carbocycles. The molecule has 0 unspecified atom stereocenters. The smallest absolute Gasteiger partial charge is 0.240 e. The molecule has 2 rings (SSSR count).